The van der Waals surface area contributed by atoms with E-state index >= 15 is 0 Å². The molecule has 2 heterocycles. The van der Waals surface area contributed by atoms with Gasteiger partial charge in [-0.3, -0.25) is 14.5 Å². The van der Waals surface area contributed by atoms with E-state index in [1.807, 2.05) is 6.07 Å². The number of carbonyl (C=O) groups excluding carboxylic acids is 2. The van der Waals surface area contributed by atoms with Gasteiger partial charge in [0.25, 0.3) is 5.91 Å². The number of carbonyl (C=O) groups is 3. The molecule has 8 nitrogen and oxygen atoms in total. The van der Waals surface area contributed by atoms with Gasteiger partial charge in [-0.15, -0.1) is 11.8 Å². The predicted molar refractivity (Wildman–Crippen MR) is 92.3 cm³/mol. The molecule has 134 valence electrons. The molecule has 0 aromatic heterocycles. The van der Waals surface area contributed by atoms with E-state index < -0.39 is 35.2 Å². The molecular formula is C16H19N3O5S. The maximum Gasteiger partial charge on any atom is 0.352 e. The number of aliphatic carboxylic acids is 1. The molecule has 2 aliphatic rings. The van der Waals surface area contributed by atoms with Crippen molar-refractivity contribution in [3.05, 3.63) is 47.2 Å². The number of hydrogen-bond donors (Lipinski definition) is 3. The van der Waals surface area contributed by atoms with Crippen LogP contribution >= 0.6 is 11.8 Å². The van der Waals surface area contributed by atoms with E-state index in [4.69, 9.17) is 5.73 Å². The molecule has 2 amide bonds. The number of β-lactam (4-membered cyclic amide) rings is 1. The molecule has 2 aliphatic heterocycles. The van der Waals surface area contributed by atoms with Gasteiger partial charge in [-0.05, 0) is 18.1 Å². The average molecular weight is 365 g/mol. The summed E-state index contributed by atoms with van der Waals surface area (Å²) < 4.78 is 0. The van der Waals surface area contributed by atoms with Crippen LogP contribution in [0.4, 0.5) is 0 Å². The third-order valence-corrected chi connectivity index (χ3v) is 5.52. The normalized spacial score (nSPS) is 23.1. The van der Waals surface area contributed by atoms with Crippen LogP contribution in [0.1, 0.15) is 18.5 Å². The van der Waals surface area contributed by atoms with E-state index in [-0.39, 0.29) is 11.2 Å². The first kappa shape index (κ1) is 19.0. The van der Waals surface area contributed by atoms with E-state index in [1.165, 1.54) is 16.7 Å². The summed E-state index contributed by atoms with van der Waals surface area (Å²) >= 11 is 1.43. The molecule has 6 N–H and O–H groups in total. The number of nitrogens with one attached hydrogen (secondary N) is 1. The van der Waals surface area contributed by atoms with Crippen LogP contribution in [0, 0.1) is 0 Å². The van der Waals surface area contributed by atoms with Crippen molar-refractivity contribution in [2.45, 2.75) is 24.4 Å². The monoisotopic (exact) mass is 365 g/mol. The van der Waals surface area contributed by atoms with Crippen LogP contribution in [0.3, 0.4) is 0 Å². The van der Waals surface area contributed by atoms with Gasteiger partial charge in [0.15, 0.2) is 0 Å². The quantitative estimate of drug-likeness (QED) is 0.620. The summed E-state index contributed by atoms with van der Waals surface area (Å²) in [7, 11) is 0. The van der Waals surface area contributed by atoms with Crippen LogP contribution < -0.4 is 11.1 Å². The molecule has 3 atom stereocenters. The lowest BCUT2D eigenvalue weighted by Crippen LogP contribution is -2.71. The summed E-state index contributed by atoms with van der Waals surface area (Å²) in [4.78, 5) is 37.2. The highest BCUT2D eigenvalue weighted by Gasteiger charge is 2.53. The number of nitrogens with zero attached hydrogens (tertiary/aromatic N) is 1. The maximum atomic E-state index is 12.3. The maximum absolute atomic E-state index is 12.3. The predicted octanol–water partition coefficient (Wildman–Crippen LogP) is -0.380. The summed E-state index contributed by atoms with van der Waals surface area (Å²) in [6.45, 7) is 1.69. The first-order chi connectivity index (χ1) is 11.4. The fourth-order valence-corrected chi connectivity index (χ4v) is 4.12. The highest BCUT2D eigenvalue weighted by molar-refractivity contribution is 8.00. The van der Waals surface area contributed by atoms with Gasteiger partial charge in [-0.2, -0.15) is 0 Å². The molecule has 0 spiro atoms. The fraction of sp³-hybridized carbons (Fsp3) is 0.312. The molecule has 1 fully saturated rings. The van der Waals surface area contributed by atoms with E-state index in [0.717, 1.165) is 0 Å². The van der Waals surface area contributed by atoms with Crippen molar-refractivity contribution in [2.24, 2.45) is 5.73 Å². The molecule has 0 aliphatic carbocycles. The molecule has 0 saturated carbocycles. The minimum Gasteiger partial charge on any atom is -0.477 e. The number of carboxylic acids is 1. The van der Waals surface area contributed by atoms with Crippen molar-refractivity contribution < 1.29 is 25.0 Å². The van der Waals surface area contributed by atoms with Crippen molar-refractivity contribution in [3.63, 3.8) is 0 Å². The van der Waals surface area contributed by atoms with Gasteiger partial charge in [-0.25, -0.2) is 4.79 Å². The topological polar surface area (TPSA) is 144 Å². The zero-order valence-corrected chi connectivity index (χ0v) is 14.2. The second-order valence-electron chi connectivity index (χ2n) is 5.72. The standard InChI is InChI=1S/C16H17N3O4S.H2O/c1-8-7-24-15-11(14(21)19(15)12(8)16(22)23)18-13(20)10(17)9-5-3-2-4-6-9;/h2-6,10-11,15H,7,17H2,1H3,(H,18,20)(H,22,23);1H2/t10-,11-,15?;/m1./s1. The van der Waals surface area contributed by atoms with Crippen LogP contribution in [0.2, 0.25) is 0 Å². The molecule has 1 aromatic rings. The Morgan fingerprint density at radius 1 is 1.36 bits per heavy atom. The Balaban J connectivity index is 0.00000225. The summed E-state index contributed by atoms with van der Waals surface area (Å²) in [6, 6.07) is 7.23. The second kappa shape index (κ2) is 7.26. The average Bonchev–Trinajstić information content (AvgIpc) is 2.59. The minimum absolute atomic E-state index is 0. The Hall–Kier alpha value is -2.36. The molecule has 1 saturated heterocycles. The van der Waals surface area contributed by atoms with Crippen molar-refractivity contribution in [3.8, 4) is 0 Å². The SMILES string of the molecule is CC1=C(C(=O)O)N2C(=O)[C@@H](NC(=O)[C@H](N)c3ccccc3)C2SC1.O. The number of benzene rings is 1. The number of rotatable bonds is 4. The lowest BCUT2D eigenvalue weighted by molar-refractivity contribution is -0.150. The Kier molecular flexibility index (Phi) is 5.51. The Morgan fingerprint density at radius 3 is 2.60 bits per heavy atom. The van der Waals surface area contributed by atoms with Crippen molar-refractivity contribution in [1.29, 1.82) is 0 Å². The van der Waals surface area contributed by atoms with Crippen LogP contribution in [-0.4, -0.2) is 50.4 Å². The van der Waals surface area contributed by atoms with Crippen LogP contribution in [0.25, 0.3) is 0 Å². The van der Waals surface area contributed by atoms with Gasteiger partial charge in [0.1, 0.15) is 23.2 Å². The van der Waals surface area contributed by atoms with Gasteiger partial charge in [0, 0.05) is 5.75 Å². The van der Waals surface area contributed by atoms with Crippen molar-refractivity contribution >= 4 is 29.5 Å². The zero-order chi connectivity index (χ0) is 17.4. The highest BCUT2D eigenvalue weighted by Crippen LogP contribution is 2.40. The fourth-order valence-electron chi connectivity index (χ4n) is 2.83. The summed E-state index contributed by atoms with van der Waals surface area (Å²) in [5.74, 6) is -1.50. The molecule has 0 bridgehead atoms. The Bertz CT molecular complexity index is 737. The number of hydrogen-bond acceptors (Lipinski definition) is 5. The zero-order valence-electron chi connectivity index (χ0n) is 13.4. The van der Waals surface area contributed by atoms with E-state index in [1.54, 1.807) is 31.2 Å². The van der Waals surface area contributed by atoms with Crippen LogP contribution in [-0.2, 0) is 14.4 Å². The second-order valence-corrected chi connectivity index (χ2v) is 6.82. The summed E-state index contributed by atoms with van der Waals surface area (Å²) in [5.41, 5.74) is 7.24. The molecule has 3 rings (SSSR count). The Labute approximate surface area is 148 Å². The molecule has 1 unspecified atom stereocenters. The number of nitrogens with two attached hydrogens (primary N) is 1. The lowest BCUT2D eigenvalue weighted by Gasteiger charge is -2.49. The van der Waals surface area contributed by atoms with Crippen LogP contribution in [0.5, 0.6) is 0 Å². The lowest BCUT2D eigenvalue weighted by atomic mass is 10.0. The first-order valence-corrected chi connectivity index (χ1v) is 8.45. The molecule has 25 heavy (non-hydrogen) atoms. The van der Waals surface area contributed by atoms with E-state index in [0.29, 0.717) is 16.9 Å². The van der Waals surface area contributed by atoms with Gasteiger partial charge in [0.2, 0.25) is 5.91 Å². The van der Waals surface area contributed by atoms with Gasteiger partial charge in [-0.1, -0.05) is 30.3 Å². The smallest absolute Gasteiger partial charge is 0.352 e. The number of amides is 2. The van der Waals surface area contributed by atoms with Crippen LogP contribution in [0.15, 0.2) is 41.6 Å². The van der Waals surface area contributed by atoms with E-state index in [9.17, 15) is 19.5 Å². The third-order valence-electron chi connectivity index (χ3n) is 4.10. The summed E-state index contributed by atoms with van der Waals surface area (Å²) in [6.07, 6.45) is 0. The van der Waals surface area contributed by atoms with E-state index in [2.05, 4.69) is 5.32 Å². The summed E-state index contributed by atoms with van der Waals surface area (Å²) in [5, 5.41) is 11.5. The first-order valence-electron chi connectivity index (χ1n) is 7.40. The highest BCUT2D eigenvalue weighted by atomic mass is 32.2. The Morgan fingerprint density at radius 2 is 2.00 bits per heavy atom. The molecule has 1 aromatic carbocycles. The largest absolute Gasteiger partial charge is 0.477 e. The number of carboxylic acid groups (broad SMARTS) is 1. The minimum atomic E-state index is -1.13. The third kappa shape index (κ3) is 3.26. The molecular weight excluding hydrogens is 346 g/mol. The molecule has 9 heteroatoms. The van der Waals surface area contributed by atoms with Crippen molar-refractivity contribution in [2.75, 3.05) is 5.75 Å². The van der Waals surface area contributed by atoms with Gasteiger partial charge < -0.3 is 21.6 Å². The molecule has 0 radical (unpaired) electrons. The number of fused-ring (bicyclic) bond motifs is 1. The van der Waals surface area contributed by atoms with Gasteiger partial charge in [0.05, 0.1) is 0 Å². The van der Waals surface area contributed by atoms with Gasteiger partial charge >= 0.3 is 5.97 Å². The number of thioether (sulfide) groups is 1. The van der Waals surface area contributed by atoms with Crippen molar-refractivity contribution in [1.82, 2.24) is 10.2 Å².